The van der Waals surface area contributed by atoms with Gasteiger partial charge in [0.15, 0.2) is 0 Å². The molecule has 3 heterocycles. The first kappa shape index (κ1) is 24.8. The van der Waals surface area contributed by atoms with Crippen molar-refractivity contribution in [2.75, 3.05) is 30.4 Å². The lowest BCUT2D eigenvalue weighted by atomic mass is 10.1. The fourth-order valence-corrected chi connectivity index (χ4v) is 4.68. The largest absolute Gasteiger partial charge is 0.463 e. The van der Waals surface area contributed by atoms with Gasteiger partial charge in [-0.3, -0.25) is 9.69 Å². The number of aromatic nitrogens is 2. The van der Waals surface area contributed by atoms with E-state index >= 15 is 0 Å². The van der Waals surface area contributed by atoms with Gasteiger partial charge in [-0.1, -0.05) is 0 Å². The molecule has 2 aromatic carbocycles. The third kappa shape index (κ3) is 4.63. The number of nitrogens with one attached hydrogen (secondary N) is 1. The third-order valence-electron chi connectivity index (χ3n) is 6.83. The highest BCUT2D eigenvalue weighted by Gasteiger charge is 2.29. The molecule has 1 fully saturated rings. The van der Waals surface area contributed by atoms with E-state index in [4.69, 9.17) is 4.42 Å². The molecule has 9 heteroatoms. The van der Waals surface area contributed by atoms with E-state index in [1.54, 1.807) is 18.6 Å². The highest BCUT2D eigenvalue weighted by Crippen LogP contribution is 2.32. The Morgan fingerprint density at radius 2 is 1.89 bits per heavy atom. The molecule has 1 amide bonds. The van der Waals surface area contributed by atoms with Crippen LogP contribution < -0.4 is 10.2 Å². The highest BCUT2D eigenvalue weighted by atomic mass is 35.5. The van der Waals surface area contributed by atoms with E-state index in [1.807, 2.05) is 35.9 Å². The highest BCUT2D eigenvalue weighted by molar-refractivity contribution is 6.12. The Hall–Kier alpha value is -3.36. The number of imidazole rings is 1. The van der Waals surface area contributed by atoms with Crippen LogP contribution in [0.3, 0.4) is 0 Å². The molecule has 0 bridgehead atoms. The van der Waals surface area contributed by atoms with E-state index < -0.39 is 0 Å². The number of carbonyl (C=O) groups is 1. The van der Waals surface area contributed by atoms with Gasteiger partial charge in [0.1, 0.15) is 17.7 Å². The van der Waals surface area contributed by atoms with Gasteiger partial charge in [-0.2, -0.15) is 0 Å². The molecule has 1 N–H and O–H groups in total. The van der Waals surface area contributed by atoms with Crippen LogP contribution in [0.1, 0.15) is 29.8 Å². The van der Waals surface area contributed by atoms with Crippen LogP contribution in [-0.4, -0.2) is 52.6 Å². The van der Waals surface area contributed by atoms with Crippen LogP contribution in [-0.2, 0) is 0 Å². The number of hydrogen-bond donors (Lipinski definition) is 1. The van der Waals surface area contributed by atoms with E-state index in [0.717, 1.165) is 11.3 Å². The molecule has 0 aliphatic carbocycles. The number of likely N-dealkylation sites (N-methyl/N-ethyl adjacent to an activating group) is 1. The minimum atomic E-state index is -0.344. The second-order valence-electron chi connectivity index (χ2n) is 9.14. The molecule has 5 rings (SSSR count). The summed E-state index contributed by atoms with van der Waals surface area (Å²) in [5.74, 6) is -0.644. The fourth-order valence-electron chi connectivity index (χ4n) is 4.68. The van der Waals surface area contributed by atoms with Crippen molar-refractivity contribution in [3.8, 4) is 5.69 Å². The number of furan rings is 1. The standard InChI is InChI=1S/C26H28FN5O2.ClH/c1-16-9-19(5-6-23(16)31-8-7-28-15-31)29-26(33)21-14-34-25-11-22(27)24(10-20(21)25)32-12-17(2)30(4)18(3)13-32;/h5-11,14-15,17-18H,12-13H2,1-4H3,(H,29,33);1H. The average Bonchev–Trinajstić information content (AvgIpc) is 3.46. The molecular weight excluding hydrogens is 469 g/mol. The maximum absolute atomic E-state index is 15.0. The van der Waals surface area contributed by atoms with Gasteiger partial charge in [0, 0.05) is 60.4 Å². The van der Waals surface area contributed by atoms with Crippen molar-refractivity contribution in [3.63, 3.8) is 0 Å². The Bertz CT molecular complexity index is 1340. The summed E-state index contributed by atoms with van der Waals surface area (Å²) < 4.78 is 22.5. The predicted molar refractivity (Wildman–Crippen MR) is 139 cm³/mol. The van der Waals surface area contributed by atoms with Gasteiger partial charge in [-0.05, 0) is 57.6 Å². The first-order valence-electron chi connectivity index (χ1n) is 11.4. The molecule has 2 atom stereocenters. The second kappa shape index (κ2) is 9.71. The smallest absolute Gasteiger partial charge is 0.259 e. The molecule has 1 aliphatic heterocycles. The second-order valence-corrected chi connectivity index (χ2v) is 9.14. The van der Waals surface area contributed by atoms with Crippen molar-refractivity contribution in [2.24, 2.45) is 0 Å². The number of hydrogen-bond acceptors (Lipinski definition) is 5. The summed E-state index contributed by atoms with van der Waals surface area (Å²) in [6.45, 7) is 7.67. The number of carbonyl (C=O) groups excluding carboxylic acids is 1. The van der Waals surface area contributed by atoms with Crippen LogP contribution in [0.15, 0.2) is 59.7 Å². The van der Waals surface area contributed by atoms with Crippen molar-refractivity contribution in [2.45, 2.75) is 32.9 Å². The van der Waals surface area contributed by atoms with Crippen LogP contribution in [0, 0.1) is 12.7 Å². The lowest BCUT2D eigenvalue weighted by Gasteiger charge is -2.43. The number of nitrogens with zero attached hydrogens (tertiary/aromatic N) is 4. The number of halogens is 2. The number of aryl methyl sites for hydroxylation is 1. The van der Waals surface area contributed by atoms with Gasteiger partial charge in [0.2, 0.25) is 0 Å². The number of fused-ring (bicyclic) bond motifs is 1. The summed E-state index contributed by atoms with van der Waals surface area (Å²) in [4.78, 5) is 21.6. The average molecular weight is 498 g/mol. The fraction of sp³-hybridized carbons (Fsp3) is 0.308. The monoisotopic (exact) mass is 497 g/mol. The summed E-state index contributed by atoms with van der Waals surface area (Å²) in [7, 11) is 2.09. The van der Waals surface area contributed by atoms with Gasteiger partial charge in [0.05, 0.1) is 17.6 Å². The van der Waals surface area contributed by atoms with Gasteiger partial charge in [-0.15, -0.1) is 12.4 Å². The Morgan fingerprint density at radius 3 is 2.54 bits per heavy atom. The molecule has 2 aromatic heterocycles. The van der Waals surface area contributed by atoms with E-state index in [0.29, 0.717) is 53.1 Å². The third-order valence-corrected chi connectivity index (χ3v) is 6.83. The van der Waals surface area contributed by atoms with Gasteiger partial charge in [0.25, 0.3) is 5.91 Å². The van der Waals surface area contributed by atoms with E-state index in [1.165, 1.54) is 12.3 Å². The Morgan fingerprint density at radius 1 is 1.14 bits per heavy atom. The van der Waals surface area contributed by atoms with E-state index in [9.17, 15) is 9.18 Å². The first-order chi connectivity index (χ1) is 16.3. The Kier molecular flexibility index (Phi) is 6.87. The van der Waals surface area contributed by atoms with Crippen LogP contribution in [0.2, 0.25) is 0 Å². The number of anilines is 2. The maximum Gasteiger partial charge on any atom is 0.259 e. The summed E-state index contributed by atoms with van der Waals surface area (Å²) in [6.07, 6.45) is 6.72. The van der Waals surface area contributed by atoms with Crippen molar-refractivity contribution >= 4 is 40.7 Å². The molecular formula is C26H29ClFN5O2. The molecule has 7 nitrogen and oxygen atoms in total. The Labute approximate surface area is 209 Å². The van der Waals surface area contributed by atoms with Crippen molar-refractivity contribution in [1.82, 2.24) is 14.5 Å². The van der Waals surface area contributed by atoms with E-state index in [-0.39, 0.29) is 24.1 Å². The van der Waals surface area contributed by atoms with Crippen molar-refractivity contribution < 1.29 is 13.6 Å². The Balaban J connectivity index is 0.00000289. The van der Waals surface area contributed by atoms with Crippen molar-refractivity contribution in [1.29, 1.82) is 0 Å². The number of rotatable bonds is 4. The zero-order valence-electron chi connectivity index (χ0n) is 20.2. The number of amides is 1. The van der Waals surface area contributed by atoms with Gasteiger partial charge in [-0.25, -0.2) is 9.37 Å². The van der Waals surface area contributed by atoms with Crippen LogP contribution in [0.5, 0.6) is 0 Å². The first-order valence-corrected chi connectivity index (χ1v) is 11.4. The summed E-state index contributed by atoms with van der Waals surface area (Å²) in [5, 5.41) is 3.54. The SMILES string of the molecule is Cc1cc(NC(=O)c2coc3cc(F)c(N4CC(C)N(C)C(C)C4)cc23)ccc1-n1ccnc1.Cl. The maximum atomic E-state index is 15.0. The predicted octanol–water partition coefficient (Wildman–Crippen LogP) is 5.27. The molecule has 35 heavy (non-hydrogen) atoms. The zero-order chi connectivity index (χ0) is 24.0. The minimum absolute atomic E-state index is 0. The lowest BCUT2D eigenvalue weighted by molar-refractivity contribution is 0.102. The van der Waals surface area contributed by atoms with Crippen LogP contribution in [0.25, 0.3) is 16.7 Å². The molecule has 1 aliphatic rings. The quantitative estimate of drug-likeness (QED) is 0.416. The van der Waals surface area contributed by atoms with Crippen LogP contribution in [0.4, 0.5) is 15.8 Å². The molecule has 0 spiro atoms. The molecule has 4 aromatic rings. The summed E-state index contributed by atoms with van der Waals surface area (Å²) in [6, 6.07) is 9.39. The molecule has 1 saturated heterocycles. The number of piperazine rings is 1. The zero-order valence-corrected chi connectivity index (χ0v) is 21.0. The lowest BCUT2D eigenvalue weighted by Crippen LogP contribution is -2.55. The van der Waals surface area contributed by atoms with Gasteiger partial charge >= 0.3 is 0 Å². The summed E-state index contributed by atoms with van der Waals surface area (Å²) in [5.41, 5.74) is 3.88. The molecule has 0 saturated carbocycles. The topological polar surface area (TPSA) is 66.5 Å². The summed E-state index contributed by atoms with van der Waals surface area (Å²) >= 11 is 0. The van der Waals surface area contributed by atoms with Crippen LogP contribution >= 0.6 is 12.4 Å². The van der Waals surface area contributed by atoms with Gasteiger partial charge < -0.3 is 19.2 Å². The molecule has 2 unspecified atom stereocenters. The molecule has 184 valence electrons. The van der Waals surface area contributed by atoms with E-state index in [2.05, 4.69) is 41.0 Å². The number of benzene rings is 2. The molecule has 0 radical (unpaired) electrons. The van der Waals surface area contributed by atoms with Crippen molar-refractivity contribution in [3.05, 3.63) is 72.3 Å². The minimum Gasteiger partial charge on any atom is -0.463 e. The normalized spacial score (nSPS) is 18.5.